The van der Waals surface area contributed by atoms with Crippen LogP contribution in [0.4, 0.5) is 10.1 Å². The molecule has 1 N–H and O–H groups in total. The maximum absolute atomic E-state index is 13.5. The third-order valence-electron chi connectivity index (χ3n) is 3.28. The molecule has 0 unspecified atom stereocenters. The van der Waals surface area contributed by atoms with E-state index in [-0.39, 0.29) is 5.69 Å². The molecule has 24 heavy (non-hydrogen) atoms. The number of aryl methyl sites for hydroxylation is 1. The molecule has 0 fully saturated rings. The Hall–Kier alpha value is -2.95. The van der Waals surface area contributed by atoms with Crippen LogP contribution >= 0.6 is 0 Å². The molecule has 1 atom stereocenters. The first kappa shape index (κ1) is 17.4. The van der Waals surface area contributed by atoms with Crippen LogP contribution in [-0.2, 0) is 14.3 Å². The minimum absolute atomic E-state index is 0.0422. The SMILES string of the molecule is Cc1ccc(/C=C/C(=O)O[C@@H](C)C(=O)Nc2ccccc2F)cc1. The minimum Gasteiger partial charge on any atom is -0.449 e. The first-order valence-corrected chi connectivity index (χ1v) is 7.46. The van der Waals surface area contributed by atoms with Gasteiger partial charge in [0.25, 0.3) is 5.91 Å². The highest BCUT2D eigenvalue weighted by Crippen LogP contribution is 2.13. The van der Waals surface area contributed by atoms with Gasteiger partial charge in [0.2, 0.25) is 0 Å². The predicted molar refractivity (Wildman–Crippen MR) is 90.8 cm³/mol. The number of hydrogen-bond donors (Lipinski definition) is 1. The lowest BCUT2D eigenvalue weighted by Crippen LogP contribution is -2.29. The van der Waals surface area contributed by atoms with Gasteiger partial charge in [-0.25, -0.2) is 9.18 Å². The predicted octanol–water partition coefficient (Wildman–Crippen LogP) is 3.72. The molecule has 0 aliphatic heterocycles. The fraction of sp³-hybridized carbons (Fsp3) is 0.158. The second-order valence-corrected chi connectivity index (χ2v) is 5.29. The lowest BCUT2D eigenvalue weighted by molar-refractivity contribution is -0.148. The molecule has 0 saturated carbocycles. The van der Waals surface area contributed by atoms with Gasteiger partial charge in [-0.2, -0.15) is 0 Å². The highest BCUT2D eigenvalue weighted by atomic mass is 19.1. The number of carbonyl (C=O) groups excluding carboxylic acids is 2. The average Bonchev–Trinajstić information content (AvgIpc) is 2.56. The largest absolute Gasteiger partial charge is 0.449 e. The zero-order valence-corrected chi connectivity index (χ0v) is 13.5. The topological polar surface area (TPSA) is 55.4 Å². The number of rotatable bonds is 5. The fourth-order valence-electron chi connectivity index (χ4n) is 1.91. The normalized spacial score (nSPS) is 12.0. The Kier molecular flexibility index (Phi) is 5.84. The standard InChI is InChI=1S/C19H18FNO3/c1-13-7-9-15(10-8-13)11-12-18(22)24-14(2)19(23)21-17-6-4-3-5-16(17)20/h3-12,14H,1-2H3,(H,21,23)/b12-11+/t14-/m0/s1. The quantitative estimate of drug-likeness (QED) is 0.673. The van der Waals surface area contributed by atoms with Gasteiger partial charge in [-0.3, -0.25) is 4.79 Å². The summed E-state index contributed by atoms with van der Waals surface area (Å²) in [6.07, 6.45) is 1.81. The maximum Gasteiger partial charge on any atom is 0.331 e. The molecule has 0 bridgehead atoms. The van der Waals surface area contributed by atoms with Gasteiger partial charge in [-0.05, 0) is 37.6 Å². The Morgan fingerprint density at radius 1 is 1.12 bits per heavy atom. The second-order valence-electron chi connectivity index (χ2n) is 5.29. The molecule has 2 aromatic rings. The highest BCUT2D eigenvalue weighted by Gasteiger charge is 2.17. The molecular formula is C19H18FNO3. The van der Waals surface area contributed by atoms with Gasteiger partial charge >= 0.3 is 5.97 Å². The van der Waals surface area contributed by atoms with Crippen LogP contribution in [0.25, 0.3) is 6.08 Å². The zero-order valence-electron chi connectivity index (χ0n) is 13.5. The summed E-state index contributed by atoms with van der Waals surface area (Å²) in [6.45, 7) is 3.39. The highest BCUT2D eigenvalue weighted by molar-refractivity contribution is 5.96. The van der Waals surface area contributed by atoms with Gasteiger partial charge in [0.05, 0.1) is 5.69 Å². The van der Waals surface area contributed by atoms with Crippen LogP contribution in [-0.4, -0.2) is 18.0 Å². The van der Waals surface area contributed by atoms with Crippen molar-refractivity contribution in [1.82, 2.24) is 0 Å². The number of anilines is 1. The molecule has 0 heterocycles. The number of carbonyl (C=O) groups is 2. The molecule has 5 heteroatoms. The first-order valence-electron chi connectivity index (χ1n) is 7.46. The molecule has 1 amide bonds. The molecule has 124 valence electrons. The molecule has 4 nitrogen and oxygen atoms in total. The van der Waals surface area contributed by atoms with Gasteiger partial charge in [-0.15, -0.1) is 0 Å². The summed E-state index contributed by atoms with van der Waals surface area (Å²) in [4.78, 5) is 23.7. The molecule has 0 aromatic heterocycles. The van der Waals surface area contributed by atoms with E-state index in [4.69, 9.17) is 4.74 Å². The van der Waals surface area contributed by atoms with Crippen LogP contribution in [0.15, 0.2) is 54.6 Å². The van der Waals surface area contributed by atoms with Crippen molar-refractivity contribution in [3.8, 4) is 0 Å². The van der Waals surface area contributed by atoms with E-state index in [0.717, 1.165) is 11.1 Å². The molecule has 2 aromatic carbocycles. The van der Waals surface area contributed by atoms with E-state index >= 15 is 0 Å². The Morgan fingerprint density at radius 3 is 2.46 bits per heavy atom. The van der Waals surface area contributed by atoms with Gasteiger partial charge in [-0.1, -0.05) is 42.0 Å². The molecule has 2 rings (SSSR count). The van der Waals surface area contributed by atoms with Crippen LogP contribution in [0, 0.1) is 12.7 Å². The Labute approximate surface area is 140 Å². The van der Waals surface area contributed by atoms with Gasteiger partial charge < -0.3 is 10.1 Å². The van der Waals surface area contributed by atoms with E-state index in [9.17, 15) is 14.0 Å². The fourth-order valence-corrected chi connectivity index (χ4v) is 1.91. The first-order chi connectivity index (χ1) is 11.5. The van der Waals surface area contributed by atoms with Crippen LogP contribution in [0.2, 0.25) is 0 Å². The zero-order chi connectivity index (χ0) is 17.5. The average molecular weight is 327 g/mol. The second kappa shape index (κ2) is 8.06. The van der Waals surface area contributed by atoms with E-state index in [1.807, 2.05) is 31.2 Å². The summed E-state index contributed by atoms with van der Waals surface area (Å²) >= 11 is 0. The molecular weight excluding hydrogens is 309 g/mol. The van der Waals surface area contributed by atoms with Crippen molar-refractivity contribution in [2.45, 2.75) is 20.0 Å². The van der Waals surface area contributed by atoms with Crippen molar-refractivity contribution in [3.63, 3.8) is 0 Å². The number of hydrogen-bond acceptors (Lipinski definition) is 3. The van der Waals surface area contributed by atoms with E-state index in [2.05, 4.69) is 5.32 Å². The summed E-state index contributed by atoms with van der Waals surface area (Å²) in [5.74, 6) is -1.80. The molecule has 0 aliphatic carbocycles. The summed E-state index contributed by atoms with van der Waals surface area (Å²) in [7, 11) is 0. The molecule has 0 spiro atoms. The van der Waals surface area contributed by atoms with Gasteiger partial charge in [0.15, 0.2) is 6.10 Å². The van der Waals surface area contributed by atoms with Gasteiger partial charge in [0, 0.05) is 6.08 Å². The number of para-hydroxylation sites is 1. The number of nitrogens with one attached hydrogen (secondary N) is 1. The molecule has 0 saturated heterocycles. The minimum atomic E-state index is -1.04. The van der Waals surface area contributed by atoms with E-state index < -0.39 is 23.8 Å². The Bertz CT molecular complexity index is 753. The number of ether oxygens (including phenoxy) is 1. The summed E-state index contributed by atoms with van der Waals surface area (Å²) in [6, 6.07) is 13.4. The lowest BCUT2D eigenvalue weighted by atomic mass is 10.1. The van der Waals surface area contributed by atoms with Crippen LogP contribution in [0.5, 0.6) is 0 Å². The van der Waals surface area contributed by atoms with E-state index in [1.54, 1.807) is 12.1 Å². The van der Waals surface area contributed by atoms with Gasteiger partial charge in [0.1, 0.15) is 5.82 Å². The van der Waals surface area contributed by atoms with E-state index in [0.29, 0.717) is 0 Å². The Balaban J connectivity index is 1.90. The van der Waals surface area contributed by atoms with Crippen LogP contribution in [0.1, 0.15) is 18.1 Å². The van der Waals surface area contributed by atoms with Crippen molar-refractivity contribution >= 4 is 23.6 Å². The number of benzene rings is 2. The van der Waals surface area contributed by atoms with Crippen molar-refractivity contribution in [1.29, 1.82) is 0 Å². The summed E-state index contributed by atoms with van der Waals surface area (Å²) < 4.78 is 18.5. The van der Waals surface area contributed by atoms with Crippen molar-refractivity contribution < 1.29 is 18.7 Å². The smallest absolute Gasteiger partial charge is 0.331 e. The third-order valence-corrected chi connectivity index (χ3v) is 3.28. The number of esters is 1. The van der Waals surface area contributed by atoms with Crippen LogP contribution < -0.4 is 5.32 Å². The van der Waals surface area contributed by atoms with E-state index in [1.165, 1.54) is 31.2 Å². The monoisotopic (exact) mass is 327 g/mol. The number of halogens is 1. The number of amides is 1. The van der Waals surface area contributed by atoms with Crippen molar-refractivity contribution in [3.05, 3.63) is 71.6 Å². The molecule has 0 radical (unpaired) electrons. The molecule has 0 aliphatic rings. The van der Waals surface area contributed by atoms with Crippen LogP contribution in [0.3, 0.4) is 0 Å². The third kappa shape index (κ3) is 5.05. The van der Waals surface area contributed by atoms with Crippen molar-refractivity contribution in [2.75, 3.05) is 5.32 Å². The summed E-state index contributed by atoms with van der Waals surface area (Å²) in [5.41, 5.74) is 2.01. The summed E-state index contributed by atoms with van der Waals surface area (Å²) in [5, 5.41) is 2.38. The van der Waals surface area contributed by atoms with Crippen molar-refractivity contribution in [2.24, 2.45) is 0 Å². The maximum atomic E-state index is 13.5. The Morgan fingerprint density at radius 2 is 1.79 bits per heavy atom. The lowest BCUT2D eigenvalue weighted by Gasteiger charge is -2.12.